The molecule has 1 saturated carbocycles. The van der Waals surface area contributed by atoms with Crippen LogP contribution in [-0.2, 0) is 0 Å². The molecule has 2 nitrogen and oxygen atoms in total. The Labute approximate surface area is 88.1 Å². The zero-order chi connectivity index (χ0) is 11.6. The smallest absolute Gasteiger partial charge is 0.391 e. The molecule has 90 valence electrons. The summed E-state index contributed by atoms with van der Waals surface area (Å²) in [5.74, 6) is 0. The van der Waals surface area contributed by atoms with E-state index in [1.165, 1.54) is 4.90 Å². The lowest BCUT2D eigenvalue weighted by Crippen LogP contribution is -2.48. The molecule has 5 heteroatoms. The molecule has 0 radical (unpaired) electrons. The van der Waals surface area contributed by atoms with Gasteiger partial charge < -0.3 is 5.11 Å². The highest BCUT2D eigenvalue weighted by Crippen LogP contribution is 2.28. The van der Waals surface area contributed by atoms with Gasteiger partial charge in [0.05, 0.1) is 12.6 Å². The van der Waals surface area contributed by atoms with E-state index in [4.69, 9.17) is 0 Å². The van der Waals surface area contributed by atoms with Crippen LogP contribution < -0.4 is 0 Å². The number of nitrogens with zero attached hydrogens (tertiary/aromatic N) is 1. The standard InChI is InChI=1S/C10H18F3NO/c1-7(2)14(6-10(11,12)13)8-4-3-5-9(8)15/h7-9,15H,3-6H2,1-2H3. The summed E-state index contributed by atoms with van der Waals surface area (Å²) in [7, 11) is 0. The minimum Gasteiger partial charge on any atom is -0.391 e. The van der Waals surface area contributed by atoms with Gasteiger partial charge in [-0.2, -0.15) is 13.2 Å². The molecule has 15 heavy (non-hydrogen) atoms. The van der Waals surface area contributed by atoms with E-state index in [0.717, 1.165) is 6.42 Å². The average Bonchev–Trinajstić information content (AvgIpc) is 2.45. The lowest BCUT2D eigenvalue weighted by Gasteiger charge is -2.34. The molecule has 0 aliphatic heterocycles. The van der Waals surface area contributed by atoms with Gasteiger partial charge >= 0.3 is 6.18 Å². The first-order valence-electron chi connectivity index (χ1n) is 5.32. The number of halogens is 3. The van der Waals surface area contributed by atoms with Crippen LogP contribution in [0.1, 0.15) is 33.1 Å². The lowest BCUT2D eigenvalue weighted by atomic mass is 10.1. The molecule has 0 bridgehead atoms. The van der Waals surface area contributed by atoms with Crippen LogP contribution >= 0.6 is 0 Å². The monoisotopic (exact) mass is 225 g/mol. The Balaban J connectivity index is 2.65. The first-order chi connectivity index (χ1) is 6.81. The first-order valence-corrected chi connectivity index (χ1v) is 5.32. The molecule has 2 unspecified atom stereocenters. The third kappa shape index (κ3) is 3.65. The summed E-state index contributed by atoms with van der Waals surface area (Å²) in [6.45, 7) is 2.54. The summed E-state index contributed by atoms with van der Waals surface area (Å²) in [5.41, 5.74) is 0. The molecule has 0 aromatic rings. The van der Waals surface area contributed by atoms with Gasteiger partial charge in [-0.3, -0.25) is 4.90 Å². The van der Waals surface area contributed by atoms with Gasteiger partial charge in [-0.05, 0) is 33.1 Å². The maximum absolute atomic E-state index is 12.3. The maximum Gasteiger partial charge on any atom is 0.401 e. The van der Waals surface area contributed by atoms with Gasteiger partial charge in [0.15, 0.2) is 0 Å². The Morgan fingerprint density at radius 1 is 1.33 bits per heavy atom. The summed E-state index contributed by atoms with van der Waals surface area (Å²) in [6.07, 6.45) is -2.70. The normalized spacial score (nSPS) is 28.0. The number of aliphatic hydroxyl groups is 1. The van der Waals surface area contributed by atoms with Crippen molar-refractivity contribution in [2.24, 2.45) is 0 Å². The largest absolute Gasteiger partial charge is 0.401 e. The Morgan fingerprint density at radius 3 is 2.27 bits per heavy atom. The van der Waals surface area contributed by atoms with Crippen LogP contribution in [0.15, 0.2) is 0 Å². The van der Waals surface area contributed by atoms with Gasteiger partial charge in [0.1, 0.15) is 0 Å². The predicted octanol–water partition coefficient (Wildman–Crippen LogP) is 2.17. The predicted molar refractivity (Wildman–Crippen MR) is 51.5 cm³/mol. The van der Waals surface area contributed by atoms with Crippen molar-refractivity contribution < 1.29 is 18.3 Å². The fourth-order valence-corrected chi connectivity index (χ4v) is 2.20. The first kappa shape index (κ1) is 12.8. The number of hydrogen-bond acceptors (Lipinski definition) is 2. The Morgan fingerprint density at radius 2 is 1.93 bits per heavy atom. The minimum atomic E-state index is -4.19. The molecular formula is C10H18F3NO. The molecule has 0 heterocycles. The van der Waals surface area contributed by atoms with Crippen LogP contribution in [-0.4, -0.2) is 40.9 Å². The quantitative estimate of drug-likeness (QED) is 0.795. The van der Waals surface area contributed by atoms with Gasteiger partial charge in [-0.25, -0.2) is 0 Å². The van der Waals surface area contributed by atoms with Gasteiger partial charge in [-0.15, -0.1) is 0 Å². The molecule has 0 saturated heterocycles. The summed E-state index contributed by atoms with van der Waals surface area (Å²) in [5, 5.41) is 9.60. The van der Waals surface area contributed by atoms with Crippen LogP contribution in [0.4, 0.5) is 13.2 Å². The van der Waals surface area contributed by atoms with E-state index in [9.17, 15) is 18.3 Å². The van der Waals surface area contributed by atoms with Crippen molar-refractivity contribution in [3.8, 4) is 0 Å². The van der Waals surface area contributed by atoms with Crippen LogP contribution in [0.5, 0.6) is 0 Å². The maximum atomic E-state index is 12.3. The zero-order valence-electron chi connectivity index (χ0n) is 9.09. The van der Waals surface area contributed by atoms with Crippen molar-refractivity contribution in [1.29, 1.82) is 0 Å². The van der Waals surface area contributed by atoms with Crippen molar-refractivity contribution >= 4 is 0 Å². The van der Waals surface area contributed by atoms with Gasteiger partial charge in [-0.1, -0.05) is 0 Å². The third-order valence-electron chi connectivity index (χ3n) is 2.90. The van der Waals surface area contributed by atoms with E-state index in [2.05, 4.69) is 0 Å². The van der Waals surface area contributed by atoms with Gasteiger partial charge in [0, 0.05) is 12.1 Å². The summed E-state index contributed by atoms with van der Waals surface area (Å²) < 4.78 is 37.0. The molecule has 0 aromatic heterocycles. The van der Waals surface area contributed by atoms with E-state index in [1.54, 1.807) is 13.8 Å². The molecule has 1 fully saturated rings. The van der Waals surface area contributed by atoms with Gasteiger partial charge in [0.25, 0.3) is 0 Å². The minimum absolute atomic E-state index is 0.190. The zero-order valence-corrected chi connectivity index (χ0v) is 9.09. The molecule has 1 aliphatic carbocycles. The van der Waals surface area contributed by atoms with Crippen LogP contribution in [0.25, 0.3) is 0 Å². The molecule has 1 N–H and O–H groups in total. The average molecular weight is 225 g/mol. The highest BCUT2D eigenvalue weighted by Gasteiger charge is 2.39. The van der Waals surface area contributed by atoms with Crippen LogP contribution in [0, 0.1) is 0 Å². The second-order valence-electron chi connectivity index (χ2n) is 4.45. The van der Waals surface area contributed by atoms with E-state index in [-0.39, 0.29) is 12.1 Å². The van der Waals surface area contributed by atoms with Crippen LogP contribution in [0.2, 0.25) is 0 Å². The molecule has 2 atom stereocenters. The molecule has 1 aliphatic rings. The second kappa shape index (κ2) is 4.70. The van der Waals surface area contributed by atoms with E-state index in [0.29, 0.717) is 12.8 Å². The van der Waals surface area contributed by atoms with E-state index >= 15 is 0 Å². The van der Waals surface area contributed by atoms with E-state index < -0.39 is 18.8 Å². The fraction of sp³-hybridized carbons (Fsp3) is 1.00. The highest BCUT2D eigenvalue weighted by atomic mass is 19.4. The van der Waals surface area contributed by atoms with Crippen LogP contribution in [0.3, 0.4) is 0 Å². The van der Waals surface area contributed by atoms with Crippen molar-refractivity contribution in [2.75, 3.05) is 6.54 Å². The molecule has 0 amide bonds. The second-order valence-corrected chi connectivity index (χ2v) is 4.45. The van der Waals surface area contributed by atoms with Crippen molar-refractivity contribution in [3.05, 3.63) is 0 Å². The molecule has 0 spiro atoms. The summed E-state index contributed by atoms with van der Waals surface area (Å²) in [6, 6.07) is -0.518. The highest BCUT2D eigenvalue weighted by molar-refractivity contribution is 4.87. The molecule has 1 rings (SSSR count). The molecule has 0 aromatic carbocycles. The van der Waals surface area contributed by atoms with Crippen molar-refractivity contribution in [2.45, 2.75) is 57.5 Å². The molecular weight excluding hydrogens is 207 g/mol. The Bertz CT molecular complexity index is 205. The number of alkyl halides is 3. The van der Waals surface area contributed by atoms with Gasteiger partial charge in [0.2, 0.25) is 0 Å². The Hall–Kier alpha value is -0.290. The number of hydrogen-bond donors (Lipinski definition) is 1. The third-order valence-corrected chi connectivity index (χ3v) is 2.90. The Kier molecular flexibility index (Phi) is 4.00. The summed E-state index contributed by atoms with van der Waals surface area (Å²) >= 11 is 0. The summed E-state index contributed by atoms with van der Waals surface area (Å²) in [4.78, 5) is 1.36. The van der Waals surface area contributed by atoms with Crippen molar-refractivity contribution in [3.63, 3.8) is 0 Å². The fourth-order valence-electron chi connectivity index (χ4n) is 2.20. The van der Waals surface area contributed by atoms with E-state index in [1.807, 2.05) is 0 Å². The number of aliphatic hydroxyl groups excluding tert-OH is 1. The lowest BCUT2D eigenvalue weighted by molar-refractivity contribution is -0.159. The van der Waals surface area contributed by atoms with Crippen molar-refractivity contribution in [1.82, 2.24) is 4.90 Å². The topological polar surface area (TPSA) is 23.5 Å². The number of rotatable bonds is 3. The SMILES string of the molecule is CC(C)N(CC(F)(F)F)C1CCCC1O.